The number of benzene rings is 1. The predicted octanol–water partition coefficient (Wildman–Crippen LogP) is 3.82. The standard InChI is InChI=1S/C21H23NO4/c23-19-15-7-17-18(25-3-1-2-24-17)8-16(15)22-20(26-19)21-9-12-4-13(10-21)6-14(5-12)11-21/h7-8,12-14H,1-6,9-11H2. The Morgan fingerprint density at radius 2 is 1.54 bits per heavy atom. The molecule has 0 atom stereocenters. The smallest absolute Gasteiger partial charge is 0.346 e. The van der Waals surface area contributed by atoms with Gasteiger partial charge in [0.2, 0.25) is 5.89 Å². The van der Waals surface area contributed by atoms with E-state index in [4.69, 9.17) is 18.9 Å². The van der Waals surface area contributed by atoms with Crippen LogP contribution in [0.5, 0.6) is 11.5 Å². The van der Waals surface area contributed by atoms with Crippen LogP contribution in [0.15, 0.2) is 21.3 Å². The highest BCUT2D eigenvalue weighted by Gasteiger charge is 2.54. The molecule has 4 bridgehead atoms. The molecule has 0 unspecified atom stereocenters. The molecule has 4 aliphatic carbocycles. The van der Waals surface area contributed by atoms with Gasteiger partial charge in [0.25, 0.3) is 0 Å². The minimum absolute atomic E-state index is 0.0216. The van der Waals surface area contributed by atoms with Crippen molar-refractivity contribution in [2.75, 3.05) is 13.2 Å². The van der Waals surface area contributed by atoms with Crippen molar-refractivity contribution in [2.45, 2.75) is 50.4 Å². The third-order valence-electron chi connectivity index (χ3n) is 6.99. The third-order valence-corrected chi connectivity index (χ3v) is 6.99. The first-order valence-electron chi connectivity index (χ1n) is 9.93. The SMILES string of the molecule is O=c1oc(C23CC4CC(CC(C4)C2)C3)nc2cc3c(cc12)OCCCO3. The summed E-state index contributed by atoms with van der Waals surface area (Å²) in [6.07, 6.45) is 8.30. The third kappa shape index (κ3) is 2.15. The van der Waals surface area contributed by atoms with Gasteiger partial charge in [0.15, 0.2) is 11.5 Å². The summed E-state index contributed by atoms with van der Waals surface area (Å²) in [6.45, 7) is 1.23. The van der Waals surface area contributed by atoms with Gasteiger partial charge in [-0.05, 0) is 56.3 Å². The summed E-state index contributed by atoms with van der Waals surface area (Å²) < 4.78 is 17.3. The molecule has 5 aliphatic rings. The van der Waals surface area contributed by atoms with Crippen molar-refractivity contribution < 1.29 is 13.9 Å². The van der Waals surface area contributed by atoms with E-state index in [1.165, 1.54) is 19.3 Å². The molecule has 5 nitrogen and oxygen atoms in total. The molecule has 26 heavy (non-hydrogen) atoms. The number of aromatic nitrogens is 1. The van der Waals surface area contributed by atoms with E-state index >= 15 is 0 Å². The fourth-order valence-electron chi connectivity index (χ4n) is 6.33. The van der Waals surface area contributed by atoms with Crippen molar-refractivity contribution in [3.63, 3.8) is 0 Å². The summed E-state index contributed by atoms with van der Waals surface area (Å²) in [5, 5.41) is 0.489. The molecule has 5 heteroatoms. The molecule has 0 saturated heterocycles. The fraction of sp³-hybridized carbons (Fsp3) is 0.619. The van der Waals surface area contributed by atoms with Gasteiger partial charge < -0.3 is 13.9 Å². The molecule has 1 aromatic heterocycles. The second kappa shape index (κ2) is 5.24. The van der Waals surface area contributed by atoms with E-state index < -0.39 is 0 Å². The number of ether oxygens (including phenoxy) is 2. The lowest BCUT2D eigenvalue weighted by Crippen LogP contribution is -2.49. The van der Waals surface area contributed by atoms with Gasteiger partial charge in [-0.3, -0.25) is 0 Å². The number of nitrogens with zero attached hydrogens (tertiary/aromatic N) is 1. The largest absolute Gasteiger partial charge is 0.490 e. The van der Waals surface area contributed by atoms with Gasteiger partial charge in [0.1, 0.15) is 0 Å². The summed E-state index contributed by atoms with van der Waals surface area (Å²) in [5.41, 5.74) is 0.360. The van der Waals surface area contributed by atoms with E-state index in [2.05, 4.69) is 0 Å². The van der Waals surface area contributed by atoms with Crippen molar-refractivity contribution in [1.29, 1.82) is 0 Å². The van der Waals surface area contributed by atoms with Gasteiger partial charge in [-0.1, -0.05) is 0 Å². The Bertz CT molecular complexity index is 912. The molecule has 4 fully saturated rings. The second-order valence-electron chi connectivity index (χ2n) is 8.87. The van der Waals surface area contributed by atoms with Gasteiger partial charge in [0, 0.05) is 24.0 Å². The topological polar surface area (TPSA) is 61.6 Å². The van der Waals surface area contributed by atoms with Gasteiger partial charge in [-0.2, -0.15) is 0 Å². The van der Waals surface area contributed by atoms with Crippen LogP contribution in [-0.2, 0) is 5.41 Å². The van der Waals surface area contributed by atoms with E-state index in [-0.39, 0.29) is 11.0 Å². The van der Waals surface area contributed by atoms with Gasteiger partial charge in [-0.15, -0.1) is 0 Å². The highest BCUT2D eigenvalue weighted by Crippen LogP contribution is 2.60. The molecule has 0 spiro atoms. The Hall–Kier alpha value is -2.04. The lowest BCUT2D eigenvalue weighted by molar-refractivity contribution is -0.0193. The van der Waals surface area contributed by atoms with E-state index in [9.17, 15) is 4.79 Å². The average Bonchev–Trinajstić information content (AvgIpc) is 2.84. The van der Waals surface area contributed by atoms with Crippen LogP contribution < -0.4 is 15.1 Å². The second-order valence-corrected chi connectivity index (χ2v) is 8.87. The summed E-state index contributed by atoms with van der Waals surface area (Å²) in [7, 11) is 0. The Morgan fingerprint density at radius 1 is 0.923 bits per heavy atom. The summed E-state index contributed by atoms with van der Waals surface area (Å²) in [6, 6.07) is 3.59. The molecular weight excluding hydrogens is 330 g/mol. The molecule has 4 saturated carbocycles. The highest BCUT2D eigenvalue weighted by atomic mass is 16.5. The number of fused-ring (bicyclic) bond motifs is 2. The van der Waals surface area contributed by atoms with Gasteiger partial charge in [0.05, 0.1) is 24.1 Å². The first-order chi connectivity index (χ1) is 12.7. The molecule has 1 aromatic carbocycles. The van der Waals surface area contributed by atoms with Crippen molar-refractivity contribution in [1.82, 2.24) is 4.98 Å². The van der Waals surface area contributed by atoms with Gasteiger partial charge >= 0.3 is 5.63 Å². The maximum atomic E-state index is 12.8. The molecule has 136 valence electrons. The molecule has 0 amide bonds. The molecule has 7 rings (SSSR count). The number of hydrogen-bond acceptors (Lipinski definition) is 5. The van der Waals surface area contributed by atoms with Crippen molar-refractivity contribution in [2.24, 2.45) is 17.8 Å². The zero-order chi connectivity index (χ0) is 17.3. The Morgan fingerprint density at radius 3 is 2.19 bits per heavy atom. The van der Waals surface area contributed by atoms with Crippen LogP contribution in [0.4, 0.5) is 0 Å². The quantitative estimate of drug-likeness (QED) is 0.780. The van der Waals surface area contributed by atoms with E-state index in [1.807, 2.05) is 6.07 Å². The highest BCUT2D eigenvalue weighted by molar-refractivity contribution is 5.81. The number of hydrogen-bond donors (Lipinski definition) is 0. The molecule has 1 aliphatic heterocycles. The van der Waals surface area contributed by atoms with Crippen LogP contribution in [0.3, 0.4) is 0 Å². The van der Waals surface area contributed by atoms with Crippen molar-refractivity contribution in [3.8, 4) is 11.5 Å². The molecular formula is C21H23NO4. The normalized spacial score (nSPS) is 34.8. The fourth-order valence-corrected chi connectivity index (χ4v) is 6.33. The Balaban J connectivity index is 1.49. The minimum atomic E-state index is -0.295. The van der Waals surface area contributed by atoms with Crippen LogP contribution in [0, 0.1) is 17.8 Å². The predicted molar refractivity (Wildman–Crippen MR) is 95.7 cm³/mol. The monoisotopic (exact) mass is 353 g/mol. The first kappa shape index (κ1) is 15.1. The van der Waals surface area contributed by atoms with Crippen LogP contribution in [0.2, 0.25) is 0 Å². The molecule has 2 aromatic rings. The van der Waals surface area contributed by atoms with Crippen LogP contribution >= 0.6 is 0 Å². The van der Waals surface area contributed by atoms with Crippen LogP contribution in [0.1, 0.15) is 50.8 Å². The van der Waals surface area contributed by atoms with E-state index in [0.29, 0.717) is 41.5 Å². The molecule has 0 radical (unpaired) electrons. The summed E-state index contributed by atoms with van der Waals surface area (Å²) in [5.74, 6) is 4.33. The average molecular weight is 353 g/mol. The minimum Gasteiger partial charge on any atom is -0.490 e. The van der Waals surface area contributed by atoms with Crippen LogP contribution in [0.25, 0.3) is 10.9 Å². The van der Waals surface area contributed by atoms with E-state index in [1.54, 1.807) is 6.07 Å². The molecule has 0 N–H and O–H groups in total. The maximum absolute atomic E-state index is 12.8. The molecule has 2 heterocycles. The van der Waals surface area contributed by atoms with Crippen LogP contribution in [-0.4, -0.2) is 18.2 Å². The lowest BCUT2D eigenvalue weighted by Gasteiger charge is -2.55. The zero-order valence-electron chi connectivity index (χ0n) is 14.8. The Labute approximate surface area is 151 Å². The maximum Gasteiger partial charge on any atom is 0.346 e. The first-order valence-corrected chi connectivity index (χ1v) is 9.93. The van der Waals surface area contributed by atoms with E-state index in [0.717, 1.165) is 43.4 Å². The Kier molecular flexibility index (Phi) is 3.04. The number of rotatable bonds is 1. The van der Waals surface area contributed by atoms with Crippen molar-refractivity contribution >= 4 is 10.9 Å². The lowest BCUT2D eigenvalue weighted by atomic mass is 9.49. The van der Waals surface area contributed by atoms with Crippen molar-refractivity contribution in [3.05, 3.63) is 28.4 Å². The summed E-state index contributed by atoms with van der Waals surface area (Å²) in [4.78, 5) is 17.6. The van der Waals surface area contributed by atoms with Gasteiger partial charge in [-0.25, -0.2) is 9.78 Å². The zero-order valence-corrected chi connectivity index (χ0v) is 14.8. The summed E-state index contributed by atoms with van der Waals surface area (Å²) >= 11 is 0.